The van der Waals surface area contributed by atoms with E-state index in [1.54, 1.807) is 60.7 Å². The van der Waals surface area contributed by atoms with E-state index in [2.05, 4.69) is 0 Å². The molecular formula is C43H30F8O6P2. The van der Waals surface area contributed by atoms with Crippen molar-refractivity contribution >= 4 is 37.5 Å². The van der Waals surface area contributed by atoms with Gasteiger partial charge in [0.2, 0.25) is 6.29 Å². The smallest absolute Gasteiger partial charge is 0.229 e. The number of rotatable bonds is 11. The average molecular weight is 857 g/mol. The lowest BCUT2D eigenvalue weighted by atomic mass is 9.98. The number of halogens is 8. The van der Waals surface area contributed by atoms with E-state index in [-0.39, 0.29) is 33.6 Å². The van der Waals surface area contributed by atoms with Crippen molar-refractivity contribution in [2.45, 2.75) is 37.0 Å². The van der Waals surface area contributed by atoms with Crippen molar-refractivity contribution in [2.75, 3.05) is 6.61 Å². The molecule has 0 bridgehead atoms. The van der Waals surface area contributed by atoms with Gasteiger partial charge in [0, 0.05) is 51.0 Å². The molecule has 2 aliphatic heterocycles. The lowest BCUT2D eigenvalue weighted by Gasteiger charge is -2.50. The number of fused-ring (bicyclic) bond motifs is 1. The molecule has 6 aromatic rings. The molecule has 0 aliphatic carbocycles. The van der Waals surface area contributed by atoms with E-state index in [0.717, 1.165) is 48.5 Å². The Morgan fingerprint density at radius 3 is 1.27 bits per heavy atom. The fourth-order valence-corrected chi connectivity index (χ4v) is 10.7. The van der Waals surface area contributed by atoms with Crippen molar-refractivity contribution in [3.05, 3.63) is 186 Å². The zero-order valence-electron chi connectivity index (χ0n) is 30.2. The van der Waals surface area contributed by atoms with Gasteiger partial charge in [0.15, 0.2) is 12.4 Å². The Morgan fingerprint density at radius 1 is 0.458 bits per heavy atom. The number of para-hydroxylation sites is 1. The largest absolute Gasteiger partial charge is 0.462 e. The lowest BCUT2D eigenvalue weighted by molar-refractivity contribution is -0.342. The number of benzene rings is 6. The van der Waals surface area contributed by atoms with E-state index in [9.17, 15) is 35.1 Å². The second-order valence-corrected chi connectivity index (χ2v) is 17.1. The van der Waals surface area contributed by atoms with E-state index in [0.29, 0.717) is 29.8 Å². The summed E-state index contributed by atoms with van der Waals surface area (Å²) in [6.07, 6.45) is -7.97. The fourth-order valence-electron chi connectivity index (χ4n) is 6.70. The SMILES string of the molecule is Fc1cc(F)cc(P(O[C@@H]2[C@@H](OP(c3cc(F)cc(F)c3)c3cc(F)cc(F)c3)[C@H](Oc3ccccc3)O[C@@H]3COC(c4ccccc4)O[C@@H]23)c2cc(F)cc(F)c2)c1. The van der Waals surface area contributed by atoms with Crippen LogP contribution in [0.25, 0.3) is 0 Å². The highest BCUT2D eigenvalue weighted by Crippen LogP contribution is 2.48. The minimum Gasteiger partial charge on any atom is -0.462 e. The van der Waals surface area contributed by atoms with Crippen molar-refractivity contribution in [2.24, 2.45) is 0 Å². The molecule has 1 unspecified atom stereocenters. The summed E-state index contributed by atoms with van der Waals surface area (Å²) < 4.78 is 158. The van der Waals surface area contributed by atoms with Gasteiger partial charge >= 0.3 is 0 Å². The van der Waals surface area contributed by atoms with Crippen molar-refractivity contribution in [3.8, 4) is 5.75 Å². The molecule has 2 saturated heterocycles. The Kier molecular flexibility index (Phi) is 12.4. The molecule has 0 saturated carbocycles. The minimum absolute atomic E-state index is 0.147. The molecule has 2 aliphatic rings. The van der Waals surface area contributed by atoms with Crippen LogP contribution in [0.2, 0.25) is 0 Å². The average Bonchev–Trinajstić information content (AvgIpc) is 3.18. The minimum atomic E-state index is -2.62. The Bertz CT molecular complexity index is 2230. The molecule has 304 valence electrons. The molecule has 0 N–H and O–H groups in total. The first-order valence-corrected chi connectivity index (χ1v) is 20.4. The van der Waals surface area contributed by atoms with Crippen LogP contribution < -0.4 is 26.0 Å². The van der Waals surface area contributed by atoms with Crippen LogP contribution in [0.15, 0.2) is 133 Å². The lowest BCUT2D eigenvalue weighted by Crippen LogP contribution is -2.64. The third-order valence-corrected chi connectivity index (χ3v) is 12.9. The maximum atomic E-state index is 14.9. The van der Waals surface area contributed by atoms with Crippen molar-refractivity contribution in [3.63, 3.8) is 0 Å². The molecule has 8 rings (SSSR count). The Morgan fingerprint density at radius 2 is 0.847 bits per heavy atom. The highest BCUT2D eigenvalue weighted by atomic mass is 31.1. The van der Waals surface area contributed by atoms with Gasteiger partial charge in [-0.2, -0.15) is 0 Å². The van der Waals surface area contributed by atoms with Crippen molar-refractivity contribution in [1.82, 2.24) is 0 Å². The molecule has 0 aromatic heterocycles. The van der Waals surface area contributed by atoms with Crippen LogP contribution in [0.5, 0.6) is 5.75 Å². The predicted molar refractivity (Wildman–Crippen MR) is 203 cm³/mol. The van der Waals surface area contributed by atoms with E-state index in [1.165, 1.54) is 0 Å². The highest BCUT2D eigenvalue weighted by molar-refractivity contribution is 7.69. The molecule has 6 nitrogen and oxygen atoms in total. The van der Waals surface area contributed by atoms with Gasteiger partial charge in [0.05, 0.1) is 22.9 Å². The molecule has 59 heavy (non-hydrogen) atoms. The van der Waals surface area contributed by atoms with Gasteiger partial charge in [-0.25, -0.2) is 35.1 Å². The molecule has 0 amide bonds. The van der Waals surface area contributed by atoms with E-state index in [1.807, 2.05) is 0 Å². The second-order valence-electron chi connectivity index (χ2n) is 13.4. The van der Waals surface area contributed by atoms with Crippen LogP contribution >= 0.6 is 16.3 Å². The number of hydrogen-bond acceptors (Lipinski definition) is 6. The van der Waals surface area contributed by atoms with Crippen LogP contribution in [-0.4, -0.2) is 37.3 Å². The Labute approximate surface area is 334 Å². The van der Waals surface area contributed by atoms with Crippen LogP contribution in [0.3, 0.4) is 0 Å². The summed E-state index contributed by atoms with van der Waals surface area (Å²) in [5.74, 6) is -7.95. The topological polar surface area (TPSA) is 55.4 Å². The maximum absolute atomic E-state index is 14.9. The normalized spacial score (nSPS) is 21.7. The van der Waals surface area contributed by atoms with Crippen molar-refractivity contribution < 1.29 is 63.1 Å². The van der Waals surface area contributed by atoms with E-state index in [4.69, 9.17) is 28.0 Å². The van der Waals surface area contributed by atoms with Gasteiger partial charge < -0.3 is 28.0 Å². The summed E-state index contributed by atoms with van der Waals surface area (Å²) in [5.41, 5.74) is 0.569. The van der Waals surface area contributed by atoms with E-state index >= 15 is 0 Å². The molecule has 2 fully saturated rings. The third kappa shape index (κ3) is 9.66. The van der Waals surface area contributed by atoms with Gasteiger partial charge in [0.1, 0.15) is 70.6 Å². The molecule has 16 heteroatoms. The van der Waals surface area contributed by atoms with Crippen LogP contribution in [0.1, 0.15) is 11.9 Å². The highest BCUT2D eigenvalue weighted by Gasteiger charge is 2.54. The van der Waals surface area contributed by atoms with Gasteiger partial charge in [-0.05, 0) is 60.7 Å². The summed E-state index contributed by atoms with van der Waals surface area (Å²) in [6.45, 7) is -0.147. The fraction of sp³-hybridized carbons (Fsp3) is 0.163. The molecular weight excluding hydrogens is 826 g/mol. The van der Waals surface area contributed by atoms with Crippen molar-refractivity contribution in [1.29, 1.82) is 0 Å². The number of hydrogen-bond donors (Lipinski definition) is 0. The first-order valence-electron chi connectivity index (χ1n) is 17.9. The summed E-state index contributed by atoms with van der Waals surface area (Å²) in [7, 11) is -5.22. The van der Waals surface area contributed by atoms with Gasteiger partial charge in [0.25, 0.3) is 0 Å². The Hall–Kier alpha value is -4.78. The number of ether oxygens (including phenoxy) is 4. The zero-order chi connectivity index (χ0) is 41.2. The maximum Gasteiger partial charge on any atom is 0.229 e. The summed E-state index contributed by atoms with van der Waals surface area (Å²) in [5, 5.41) is -0.645. The summed E-state index contributed by atoms with van der Waals surface area (Å²) in [4.78, 5) is 0. The van der Waals surface area contributed by atoms with Gasteiger partial charge in [-0.15, -0.1) is 0 Å². The van der Waals surface area contributed by atoms with Crippen LogP contribution in [0.4, 0.5) is 35.1 Å². The third-order valence-electron chi connectivity index (χ3n) is 9.13. The van der Waals surface area contributed by atoms with Gasteiger partial charge in [-0.3, -0.25) is 0 Å². The first kappa shape index (κ1) is 41.0. The molecule has 0 radical (unpaired) electrons. The standard InChI is InChI=1S/C43H30F8O6P2/c44-25-11-26(45)16-34(15-25)58(35-17-27(46)12-28(47)18-35)56-40-39-38(23-52-42(55-39)24-7-3-1-4-8-24)54-43(53-33-9-5-2-6-10-33)41(40)57-59(36-19-29(48)13-30(49)20-36)37-21-31(50)14-32(51)22-37/h1-22,38-43H,23H2/t38-,39-,40+,41-,42?,43-/m1/s1. The molecule has 6 atom stereocenters. The van der Waals surface area contributed by atoms with Crippen LogP contribution in [0, 0.1) is 46.5 Å². The van der Waals surface area contributed by atoms with E-state index < -0.39 is 99.8 Å². The summed E-state index contributed by atoms with van der Waals surface area (Å²) in [6, 6.07) is 26.9. The predicted octanol–water partition coefficient (Wildman–Crippen LogP) is 8.88. The quantitative estimate of drug-likeness (QED) is 0.0960. The molecule has 6 aromatic carbocycles. The van der Waals surface area contributed by atoms with Crippen LogP contribution in [-0.2, 0) is 23.3 Å². The Balaban J connectivity index is 1.32. The zero-order valence-corrected chi connectivity index (χ0v) is 32.0. The molecule has 2 heterocycles. The summed E-state index contributed by atoms with van der Waals surface area (Å²) >= 11 is 0. The second kappa shape index (κ2) is 17.8. The molecule has 0 spiro atoms. The van der Waals surface area contributed by atoms with Gasteiger partial charge in [-0.1, -0.05) is 48.5 Å². The first-order chi connectivity index (χ1) is 28.4. The monoisotopic (exact) mass is 856 g/mol.